The number of carbonyl (C=O) groups excluding carboxylic acids is 1. The number of carbonyl (C=O) groups is 1. The summed E-state index contributed by atoms with van der Waals surface area (Å²) in [7, 11) is 0. The Morgan fingerprint density at radius 1 is 1.35 bits per heavy atom. The lowest BCUT2D eigenvalue weighted by atomic mass is 9.88. The Morgan fingerprint density at radius 3 is 2.95 bits per heavy atom. The maximum atomic E-state index is 11.8. The van der Waals surface area contributed by atoms with Crippen molar-refractivity contribution in [1.29, 1.82) is 0 Å². The van der Waals surface area contributed by atoms with E-state index in [9.17, 15) is 4.79 Å². The van der Waals surface area contributed by atoms with Gasteiger partial charge >= 0.3 is 0 Å². The van der Waals surface area contributed by atoms with Crippen LogP contribution in [0.4, 0.5) is 0 Å². The second kappa shape index (κ2) is 7.44. The molecule has 2 rings (SSSR count). The van der Waals surface area contributed by atoms with Crippen molar-refractivity contribution >= 4 is 5.91 Å². The molecule has 1 unspecified atom stereocenters. The van der Waals surface area contributed by atoms with Gasteiger partial charge in [0.15, 0.2) is 0 Å². The van der Waals surface area contributed by atoms with Crippen LogP contribution >= 0.6 is 0 Å². The quantitative estimate of drug-likeness (QED) is 0.837. The topological polar surface area (TPSA) is 41.1 Å². The molecule has 1 aromatic carbocycles. The van der Waals surface area contributed by atoms with Crippen molar-refractivity contribution in [2.45, 2.75) is 45.6 Å². The first-order valence-electron chi connectivity index (χ1n) is 7.74. The maximum absolute atomic E-state index is 11.8. The monoisotopic (exact) mass is 274 g/mol. The minimum Gasteiger partial charge on any atom is -0.355 e. The van der Waals surface area contributed by atoms with Gasteiger partial charge in [0.05, 0.1) is 6.54 Å². The van der Waals surface area contributed by atoms with Crippen LogP contribution in [0, 0.1) is 5.92 Å². The Bertz CT molecular complexity index is 442. The Hall–Kier alpha value is -1.35. The molecule has 0 saturated carbocycles. The normalized spacial score (nSPS) is 17.9. The van der Waals surface area contributed by atoms with Gasteiger partial charge in [-0.1, -0.05) is 38.1 Å². The van der Waals surface area contributed by atoms with E-state index < -0.39 is 0 Å². The molecule has 0 aliphatic heterocycles. The van der Waals surface area contributed by atoms with Crippen LogP contribution in [0.3, 0.4) is 0 Å². The predicted molar refractivity (Wildman–Crippen MR) is 82.6 cm³/mol. The van der Waals surface area contributed by atoms with Gasteiger partial charge in [-0.25, -0.2) is 0 Å². The fraction of sp³-hybridized carbons (Fsp3) is 0.588. The molecular weight excluding hydrogens is 248 g/mol. The zero-order valence-corrected chi connectivity index (χ0v) is 12.6. The molecule has 0 bridgehead atoms. The maximum Gasteiger partial charge on any atom is 0.233 e. The third-order valence-corrected chi connectivity index (χ3v) is 3.92. The van der Waals surface area contributed by atoms with E-state index in [1.165, 1.54) is 17.5 Å². The summed E-state index contributed by atoms with van der Waals surface area (Å²) in [6.45, 7) is 5.53. The summed E-state index contributed by atoms with van der Waals surface area (Å²) >= 11 is 0. The summed E-state index contributed by atoms with van der Waals surface area (Å²) in [6.07, 6.45) is 4.52. The molecule has 0 heterocycles. The number of rotatable bonds is 6. The lowest BCUT2D eigenvalue weighted by Crippen LogP contribution is -2.37. The number of nitrogens with one attached hydrogen (secondary N) is 2. The van der Waals surface area contributed by atoms with E-state index in [2.05, 4.69) is 48.7 Å². The van der Waals surface area contributed by atoms with E-state index in [4.69, 9.17) is 0 Å². The summed E-state index contributed by atoms with van der Waals surface area (Å²) < 4.78 is 0. The van der Waals surface area contributed by atoms with Crippen LogP contribution in [0.5, 0.6) is 0 Å². The molecule has 0 spiro atoms. The second-order valence-electron chi connectivity index (χ2n) is 6.06. The molecule has 0 saturated heterocycles. The van der Waals surface area contributed by atoms with Gasteiger partial charge in [-0.05, 0) is 42.7 Å². The summed E-state index contributed by atoms with van der Waals surface area (Å²) in [5.74, 6) is 0.738. The summed E-state index contributed by atoms with van der Waals surface area (Å²) in [4.78, 5) is 11.8. The fourth-order valence-corrected chi connectivity index (χ4v) is 2.74. The third-order valence-electron chi connectivity index (χ3n) is 3.92. The molecule has 1 aliphatic carbocycles. The highest BCUT2D eigenvalue weighted by atomic mass is 16.1. The molecule has 1 amide bonds. The number of benzene rings is 1. The molecule has 3 nitrogen and oxygen atoms in total. The average molecular weight is 274 g/mol. The van der Waals surface area contributed by atoms with Crippen molar-refractivity contribution in [2.24, 2.45) is 5.92 Å². The molecule has 1 aromatic rings. The fourth-order valence-electron chi connectivity index (χ4n) is 2.74. The lowest BCUT2D eigenvalue weighted by molar-refractivity contribution is -0.120. The molecule has 20 heavy (non-hydrogen) atoms. The molecule has 3 heteroatoms. The molecule has 2 N–H and O–H groups in total. The Balaban J connectivity index is 1.79. The van der Waals surface area contributed by atoms with Crippen molar-refractivity contribution < 1.29 is 4.79 Å². The first-order chi connectivity index (χ1) is 9.66. The van der Waals surface area contributed by atoms with Gasteiger partial charge in [-0.3, -0.25) is 4.79 Å². The van der Waals surface area contributed by atoms with Gasteiger partial charge in [-0.2, -0.15) is 0 Å². The largest absolute Gasteiger partial charge is 0.355 e. The van der Waals surface area contributed by atoms with E-state index in [1.807, 2.05) is 0 Å². The molecule has 0 fully saturated rings. The summed E-state index contributed by atoms with van der Waals surface area (Å²) in [5, 5.41) is 6.38. The van der Waals surface area contributed by atoms with Gasteiger partial charge in [0, 0.05) is 12.6 Å². The molecule has 1 atom stereocenters. The minimum absolute atomic E-state index is 0.105. The first kappa shape index (κ1) is 15.0. The zero-order chi connectivity index (χ0) is 14.4. The number of hydrogen-bond donors (Lipinski definition) is 2. The van der Waals surface area contributed by atoms with Crippen LogP contribution in [-0.2, 0) is 11.2 Å². The first-order valence-corrected chi connectivity index (χ1v) is 7.74. The van der Waals surface area contributed by atoms with Crippen molar-refractivity contribution in [2.75, 3.05) is 13.1 Å². The van der Waals surface area contributed by atoms with E-state index in [1.54, 1.807) is 0 Å². The lowest BCUT2D eigenvalue weighted by Gasteiger charge is -2.26. The van der Waals surface area contributed by atoms with Crippen molar-refractivity contribution in [3.8, 4) is 0 Å². The number of fused-ring (bicyclic) bond motifs is 1. The van der Waals surface area contributed by atoms with E-state index in [0.717, 1.165) is 25.8 Å². The molecule has 110 valence electrons. The van der Waals surface area contributed by atoms with Crippen LogP contribution in [-0.4, -0.2) is 19.0 Å². The van der Waals surface area contributed by atoms with Crippen molar-refractivity contribution in [3.63, 3.8) is 0 Å². The van der Waals surface area contributed by atoms with E-state index in [-0.39, 0.29) is 5.91 Å². The standard InChI is InChI=1S/C17H26N2O/c1-13(2)10-11-18-17(20)12-19-16-9-5-7-14-6-3-4-8-15(14)16/h3-4,6,8,13,16,19H,5,7,9-12H2,1-2H3,(H,18,20). The second-order valence-corrected chi connectivity index (χ2v) is 6.06. The predicted octanol–water partition coefficient (Wildman–Crippen LogP) is 2.82. The minimum atomic E-state index is 0.105. The number of aryl methyl sites for hydroxylation is 1. The molecule has 0 radical (unpaired) electrons. The van der Waals surface area contributed by atoms with Crippen LogP contribution in [0.1, 0.15) is 50.3 Å². The third kappa shape index (κ3) is 4.34. The highest BCUT2D eigenvalue weighted by molar-refractivity contribution is 5.78. The Morgan fingerprint density at radius 2 is 2.15 bits per heavy atom. The number of amides is 1. The van der Waals surface area contributed by atoms with Gasteiger partial charge in [0.25, 0.3) is 0 Å². The van der Waals surface area contributed by atoms with Gasteiger partial charge in [0.2, 0.25) is 5.91 Å². The molecular formula is C17H26N2O. The highest BCUT2D eigenvalue weighted by Crippen LogP contribution is 2.29. The van der Waals surface area contributed by atoms with E-state index >= 15 is 0 Å². The van der Waals surface area contributed by atoms with Crippen LogP contribution in [0.25, 0.3) is 0 Å². The van der Waals surface area contributed by atoms with Gasteiger partial charge < -0.3 is 10.6 Å². The Kier molecular flexibility index (Phi) is 5.60. The SMILES string of the molecule is CC(C)CCNC(=O)CNC1CCCc2ccccc21. The zero-order valence-electron chi connectivity index (χ0n) is 12.6. The highest BCUT2D eigenvalue weighted by Gasteiger charge is 2.19. The Labute approximate surface area is 122 Å². The van der Waals surface area contributed by atoms with Crippen molar-refractivity contribution in [1.82, 2.24) is 10.6 Å². The average Bonchev–Trinajstić information content (AvgIpc) is 2.44. The summed E-state index contributed by atoms with van der Waals surface area (Å²) in [6, 6.07) is 8.90. The van der Waals surface area contributed by atoms with Gasteiger partial charge in [0.1, 0.15) is 0 Å². The number of hydrogen-bond acceptors (Lipinski definition) is 2. The molecule has 1 aliphatic rings. The van der Waals surface area contributed by atoms with E-state index in [0.29, 0.717) is 18.5 Å². The smallest absolute Gasteiger partial charge is 0.233 e. The van der Waals surface area contributed by atoms with Crippen LogP contribution < -0.4 is 10.6 Å². The summed E-state index contributed by atoms with van der Waals surface area (Å²) in [5.41, 5.74) is 2.80. The van der Waals surface area contributed by atoms with Gasteiger partial charge in [-0.15, -0.1) is 0 Å². The van der Waals surface area contributed by atoms with Crippen LogP contribution in [0.15, 0.2) is 24.3 Å². The molecule has 0 aromatic heterocycles. The van der Waals surface area contributed by atoms with Crippen molar-refractivity contribution in [3.05, 3.63) is 35.4 Å². The van der Waals surface area contributed by atoms with Crippen LogP contribution in [0.2, 0.25) is 0 Å².